The average Bonchev–Trinajstić information content (AvgIpc) is 2.72. The van der Waals surface area contributed by atoms with Crippen molar-refractivity contribution in [3.05, 3.63) is 59.2 Å². The summed E-state index contributed by atoms with van der Waals surface area (Å²) in [5.74, 6) is 0.0958. The summed E-state index contributed by atoms with van der Waals surface area (Å²) in [6.07, 6.45) is -1.07. The van der Waals surface area contributed by atoms with Crippen molar-refractivity contribution >= 4 is 17.7 Å². The van der Waals surface area contributed by atoms with Gasteiger partial charge in [-0.3, -0.25) is 14.4 Å². The predicted molar refractivity (Wildman–Crippen MR) is 107 cm³/mol. The van der Waals surface area contributed by atoms with Gasteiger partial charge in [-0.1, -0.05) is 12.1 Å². The van der Waals surface area contributed by atoms with E-state index in [0.717, 1.165) is 11.3 Å². The second-order valence-corrected chi connectivity index (χ2v) is 6.46. The van der Waals surface area contributed by atoms with Crippen molar-refractivity contribution in [1.29, 1.82) is 0 Å². The highest BCUT2D eigenvalue weighted by molar-refractivity contribution is 5.94. The molecule has 0 unspecified atom stereocenters. The van der Waals surface area contributed by atoms with Gasteiger partial charge in [0.1, 0.15) is 11.5 Å². The summed E-state index contributed by atoms with van der Waals surface area (Å²) in [7, 11) is 3.06. The second-order valence-electron chi connectivity index (χ2n) is 6.46. The Hall–Kier alpha value is -3.35. The van der Waals surface area contributed by atoms with Gasteiger partial charge in [-0.15, -0.1) is 0 Å². The van der Waals surface area contributed by atoms with E-state index in [2.05, 4.69) is 5.32 Å². The minimum Gasteiger partial charge on any atom is -0.497 e. The Labute approximate surface area is 170 Å². The molecule has 0 aliphatic rings. The first-order valence-electron chi connectivity index (χ1n) is 9.12. The van der Waals surface area contributed by atoms with Crippen LogP contribution in [0.5, 0.6) is 11.5 Å². The maximum atomic E-state index is 12.3. The summed E-state index contributed by atoms with van der Waals surface area (Å²) in [5, 5.41) is 2.73. The number of hydrogen-bond donors (Lipinski definition) is 1. The van der Waals surface area contributed by atoms with Gasteiger partial charge in [0.2, 0.25) is 0 Å². The molecule has 0 aliphatic carbocycles. The molecule has 2 aromatic carbocycles. The molecular formula is C22H25NO6. The maximum absolute atomic E-state index is 12.3. The van der Waals surface area contributed by atoms with Crippen LogP contribution in [0.1, 0.15) is 35.3 Å². The summed E-state index contributed by atoms with van der Waals surface area (Å²) >= 11 is 0. The lowest BCUT2D eigenvalue weighted by Gasteiger charge is -2.15. The van der Waals surface area contributed by atoms with Crippen LogP contribution in [0.25, 0.3) is 0 Å². The standard InChI is InChI=1S/C22H25NO6/c1-14(24)17-7-10-20(28-4)18(11-17)12-21(25)29-15(2)22(26)23-13-16-5-8-19(27-3)9-6-16/h5-11,15H,12-13H2,1-4H3,(H,23,26)/t15-/m0/s1. The fraction of sp³-hybridized carbons (Fsp3) is 0.318. The number of carbonyl (C=O) groups excluding carboxylic acids is 3. The number of nitrogens with one attached hydrogen (secondary N) is 1. The Morgan fingerprint density at radius 2 is 1.69 bits per heavy atom. The Morgan fingerprint density at radius 1 is 1.00 bits per heavy atom. The topological polar surface area (TPSA) is 90.9 Å². The number of ether oxygens (including phenoxy) is 3. The monoisotopic (exact) mass is 399 g/mol. The van der Waals surface area contributed by atoms with Gasteiger partial charge in [0.05, 0.1) is 20.6 Å². The maximum Gasteiger partial charge on any atom is 0.311 e. The third-order valence-electron chi connectivity index (χ3n) is 4.32. The van der Waals surface area contributed by atoms with Crippen molar-refractivity contribution in [2.45, 2.75) is 32.9 Å². The summed E-state index contributed by atoms with van der Waals surface area (Å²) in [6, 6.07) is 12.1. The number of methoxy groups -OCH3 is 2. The molecule has 0 aromatic heterocycles. The molecule has 1 atom stereocenters. The minimum atomic E-state index is -0.956. The first-order valence-corrected chi connectivity index (χ1v) is 9.12. The van der Waals surface area contributed by atoms with Crippen molar-refractivity contribution in [3.8, 4) is 11.5 Å². The number of ketones is 1. The van der Waals surface area contributed by atoms with Crippen LogP contribution in [0.2, 0.25) is 0 Å². The zero-order valence-electron chi connectivity index (χ0n) is 17.0. The molecule has 7 heteroatoms. The van der Waals surface area contributed by atoms with Gasteiger partial charge in [-0.2, -0.15) is 0 Å². The van der Waals surface area contributed by atoms with E-state index >= 15 is 0 Å². The van der Waals surface area contributed by atoms with Crippen LogP contribution in [0, 0.1) is 0 Å². The first-order chi connectivity index (χ1) is 13.8. The quantitative estimate of drug-likeness (QED) is 0.515. The number of hydrogen-bond acceptors (Lipinski definition) is 6. The second kappa shape index (κ2) is 10.3. The summed E-state index contributed by atoms with van der Waals surface area (Å²) < 4.78 is 15.5. The number of rotatable bonds is 9. The third-order valence-corrected chi connectivity index (χ3v) is 4.32. The predicted octanol–water partition coefficient (Wildman–Crippen LogP) is 2.70. The van der Waals surface area contributed by atoms with Crippen LogP contribution in [-0.4, -0.2) is 38.0 Å². The SMILES string of the molecule is COc1ccc(CNC(=O)[C@H](C)OC(=O)Cc2cc(C(C)=O)ccc2OC)cc1. The Kier molecular flexibility index (Phi) is 7.77. The van der Waals surface area contributed by atoms with E-state index in [4.69, 9.17) is 14.2 Å². The molecule has 0 saturated heterocycles. The molecule has 1 amide bonds. The largest absolute Gasteiger partial charge is 0.497 e. The highest BCUT2D eigenvalue weighted by Gasteiger charge is 2.19. The number of esters is 1. The molecule has 0 bridgehead atoms. The molecule has 0 fully saturated rings. The molecule has 0 heterocycles. The first kappa shape index (κ1) is 21.9. The van der Waals surface area contributed by atoms with Crippen LogP contribution in [0.15, 0.2) is 42.5 Å². The van der Waals surface area contributed by atoms with Gasteiger partial charge in [0.25, 0.3) is 5.91 Å². The molecule has 1 N–H and O–H groups in total. The molecule has 29 heavy (non-hydrogen) atoms. The highest BCUT2D eigenvalue weighted by atomic mass is 16.5. The summed E-state index contributed by atoms with van der Waals surface area (Å²) in [5.41, 5.74) is 1.89. The van der Waals surface area contributed by atoms with E-state index in [1.54, 1.807) is 37.4 Å². The van der Waals surface area contributed by atoms with Crippen LogP contribution in [-0.2, 0) is 27.3 Å². The lowest BCUT2D eigenvalue weighted by molar-refractivity contribution is -0.154. The van der Waals surface area contributed by atoms with E-state index in [9.17, 15) is 14.4 Å². The number of Topliss-reactive ketones (excluding diaryl/α,β-unsaturated/α-hetero) is 1. The van der Waals surface area contributed by atoms with Crippen molar-refractivity contribution in [2.24, 2.45) is 0 Å². The zero-order chi connectivity index (χ0) is 21.4. The normalized spacial score (nSPS) is 11.3. The van der Waals surface area contributed by atoms with Crippen LogP contribution >= 0.6 is 0 Å². The minimum absolute atomic E-state index is 0.111. The van der Waals surface area contributed by atoms with Crippen molar-refractivity contribution < 1.29 is 28.6 Å². The Bertz CT molecular complexity index is 875. The summed E-state index contributed by atoms with van der Waals surface area (Å²) in [6.45, 7) is 3.25. The van der Waals surface area contributed by atoms with Gasteiger partial charge in [0.15, 0.2) is 11.9 Å². The van der Waals surface area contributed by atoms with Gasteiger partial charge in [0, 0.05) is 17.7 Å². The lowest BCUT2D eigenvalue weighted by atomic mass is 10.0. The molecule has 2 rings (SSSR count). The molecular weight excluding hydrogens is 374 g/mol. The van der Waals surface area contributed by atoms with Gasteiger partial charge < -0.3 is 19.5 Å². The Balaban J connectivity index is 1.91. The number of carbonyl (C=O) groups is 3. The summed E-state index contributed by atoms with van der Waals surface area (Å²) in [4.78, 5) is 36.0. The molecule has 0 aliphatic heterocycles. The van der Waals surface area contributed by atoms with Crippen LogP contribution < -0.4 is 14.8 Å². The van der Waals surface area contributed by atoms with Crippen LogP contribution in [0.3, 0.4) is 0 Å². The van der Waals surface area contributed by atoms with E-state index < -0.39 is 18.0 Å². The van der Waals surface area contributed by atoms with Crippen LogP contribution in [0.4, 0.5) is 0 Å². The molecule has 0 spiro atoms. The smallest absolute Gasteiger partial charge is 0.311 e. The number of amides is 1. The van der Waals surface area contributed by atoms with E-state index in [-0.39, 0.29) is 12.2 Å². The zero-order valence-corrected chi connectivity index (χ0v) is 17.0. The van der Waals surface area contributed by atoms with Crippen molar-refractivity contribution in [2.75, 3.05) is 14.2 Å². The highest BCUT2D eigenvalue weighted by Crippen LogP contribution is 2.21. The third kappa shape index (κ3) is 6.34. The van der Waals surface area contributed by atoms with Crippen molar-refractivity contribution in [1.82, 2.24) is 5.32 Å². The molecule has 2 aromatic rings. The van der Waals surface area contributed by atoms with Gasteiger partial charge in [-0.25, -0.2) is 0 Å². The lowest BCUT2D eigenvalue weighted by Crippen LogP contribution is -2.35. The van der Waals surface area contributed by atoms with E-state index in [1.165, 1.54) is 21.0 Å². The molecule has 7 nitrogen and oxygen atoms in total. The Morgan fingerprint density at radius 3 is 2.28 bits per heavy atom. The van der Waals surface area contributed by atoms with E-state index in [0.29, 0.717) is 23.4 Å². The van der Waals surface area contributed by atoms with E-state index in [1.807, 2.05) is 12.1 Å². The van der Waals surface area contributed by atoms with Crippen molar-refractivity contribution in [3.63, 3.8) is 0 Å². The van der Waals surface area contributed by atoms with Gasteiger partial charge in [-0.05, 0) is 49.7 Å². The number of benzene rings is 2. The molecule has 0 radical (unpaired) electrons. The molecule has 0 saturated carbocycles. The van der Waals surface area contributed by atoms with Gasteiger partial charge >= 0.3 is 5.97 Å². The molecule has 154 valence electrons. The fourth-order valence-corrected chi connectivity index (χ4v) is 2.66. The average molecular weight is 399 g/mol. The fourth-order valence-electron chi connectivity index (χ4n) is 2.66.